The highest BCUT2D eigenvalue weighted by Crippen LogP contribution is 2.41. The minimum atomic E-state index is 0.298. The zero-order valence-corrected chi connectivity index (χ0v) is 13.3. The van der Waals surface area contributed by atoms with E-state index in [9.17, 15) is 0 Å². The quantitative estimate of drug-likeness (QED) is 0.907. The predicted octanol–water partition coefficient (Wildman–Crippen LogP) is 4.35. The monoisotopic (exact) mass is 286 g/mol. The summed E-state index contributed by atoms with van der Waals surface area (Å²) >= 11 is 1.73. The number of hydrogen-bond donors (Lipinski definition) is 1. The van der Waals surface area contributed by atoms with Crippen molar-refractivity contribution in [3.05, 3.63) is 51.5 Å². The molecule has 1 N–H and O–H groups in total. The number of benzene rings is 1. The van der Waals surface area contributed by atoms with Gasteiger partial charge in [0.2, 0.25) is 0 Å². The van der Waals surface area contributed by atoms with Crippen molar-refractivity contribution in [2.45, 2.75) is 51.6 Å². The van der Waals surface area contributed by atoms with E-state index in [0.717, 1.165) is 17.2 Å². The lowest BCUT2D eigenvalue weighted by atomic mass is 9.71. The van der Waals surface area contributed by atoms with Crippen LogP contribution in [-0.2, 0) is 12.0 Å². The van der Waals surface area contributed by atoms with Crippen LogP contribution in [0.4, 0.5) is 0 Å². The molecule has 1 aliphatic rings. The molecule has 2 aromatic rings. The van der Waals surface area contributed by atoms with Gasteiger partial charge in [-0.2, -0.15) is 0 Å². The van der Waals surface area contributed by atoms with Gasteiger partial charge in [-0.15, -0.1) is 11.3 Å². The van der Waals surface area contributed by atoms with E-state index in [-0.39, 0.29) is 0 Å². The van der Waals surface area contributed by atoms with Crippen LogP contribution in [0.1, 0.15) is 54.6 Å². The van der Waals surface area contributed by atoms with Crippen LogP contribution in [0.15, 0.2) is 29.6 Å². The van der Waals surface area contributed by atoms with Crippen LogP contribution in [0.5, 0.6) is 0 Å². The molecule has 0 radical (unpaired) electrons. The highest BCUT2D eigenvalue weighted by molar-refractivity contribution is 7.09. The topological polar surface area (TPSA) is 24.9 Å². The number of aromatic nitrogens is 1. The molecule has 1 unspecified atom stereocenters. The molecule has 2 nitrogen and oxygen atoms in total. The maximum Gasteiger partial charge on any atom is 0.0897 e. The van der Waals surface area contributed by atoms with Gasteiger partial charge in [-0.1, -0.05) is 38.1 Å². The predicted molar refractivity (Wildman–Crippen MR) is 85.1 cm³/mol. The Morgan fingerprint density at radius 2 is 2.15 bits per heavy atom. The van der Waals surface area contributed by atoms with Gasteiger partial charge in [0, 0.05) is 18.0 Å². The molecule has 3 heteroatoms. The molecular formula is C17H22N2S. The lowest BCUT2D eigenvalue weighted by Crippen LogP contribution is -2.32. The number of nitrogens with one attached hydrogen (secondary N) is 1. The van der Waals surface area contributed by atoms with Gasteiger partial charge in [0.25, 0.3) is 0 Å². The van der Waals surface area contributed by atoms with E-state index in [2.05, 4.69) is 60.7 Å². The number of fused-ring (bicyclic) bond motifs is 1. The Kier molecular flexibility index (Phi) is 3.65. The highest BCUT2D eigenvalue weighted by atomic mass is 32.1. The highest BCUT2D eigenvalue weighted by Gasteiger charge is 2.31. The number of hydrogen-bond acceptors (Lipinski definition) is 3. The lowest BCUT2D eigenvalue weighted by molar-refractivity contribution is 0.357. The first kappa shape index (κ1) is 13.8. The molecule has 1 atom stereocenters. The Morgan fingerprint density at radius 3 is 2.90 bits per heavy atom. The Hall–Kier alpha value is -1.19. The molecule has 0 spiro atoms. The molecule has 1 aliphatic carbocycles. The zero-order valence-electron chi connectivity index (χ0n) is 12.4. The van der Waals surface area contributed by atoms with Crippen molar-refractivity contribution in [3.63, 3.8) is 0 Å². The summed E-state index contributed by atoms with van der Waals surface area (Å²) in [7, 11) is 0. The van der Waals surface area contributed by atoms with E-state index in [1.54, 1.807) is 11.3 Å². The Labute approximate surface area is 125 Å². The van der Waals surface area contributed by atoms with E-state index < -0.39 is 0 Å². The van der Waals surface area contributed by atoms with Gasteiger partial charge < -0.3 is 5.32 Å². The average Bonchev–Trinajstić information content (AvgIpc) is 2.84. The van der Waals surface area contributed by atoms with E-state index in [1.807, 2.05) is 0 Å². The van der Waals surface area contributed by atoms with Crippen molar-refractivity contribution in [3.8, 4) is 0 Å². The van der Waals surface area contributed by atoms with Gasteiger partial charge in [0.1, 0.15) is 0 Å². The van der Waals surface area contributed by atoms with E-state index in [4.69, 9.17) is 0 Å². The van der Waals surface area contributed by atoms with E-state index in [1.165, 1.54) is 24.0 Å². The third kappa shape index (κ3) is 2.65. The molecule has 3 rings (SSSR count). The smallest absolute Gasteiger partial charge is 0.0897 e. The summed E-state index contributed by atoms with van der Waals surface area (Å²) in [6.07, 6.45) is 2.44. The van der Waals surface area contributed by atoms with Gasteiger partial charge >= 0.3 is 0 Å². The van der Waals surface area contributed by atoms with Crippen LogP contribution in [0, 0.1) is 6.92 Å². The first-order valence-corrected chi connectivity index (χ1v) is 8.18. The molecule has 1 aromatic carbocycles. The van der Waals surface area contributed by atoms with E-state index in [0.29, 0.717) is 11.5 Å². The molecule has 0 amide bonds. The summed E-state index contributed by atoms with van der Waals surface area (Å²) in [5, 5.41) is 6.99. The first-order chi connectivity index (χ1) is 9.56. The fourth-order valence-corrected chi connectivity index (χ4v) is 3.75. The summed E-state index contributed by atoms with van der Waals surface area (Å²) in [5.41, 5.74) is 4.43. The molecule has 1 aromatic heterocycles. The molecule has 20 heavy (non-hydrogen) atoms. The van der Waals surface area contributed by atoms with Gasteiger partial charge in [-0.05, 0) is 36.3 Å². The van der Waals surface area contributed by atoms with Crippen molar-refractivity contribution >= 4 is 11.3 Å². The lowest BCUT2D eigenvalue weighted by Gasteiger charge is -2.37. The van der Waals surface area contributed by atoms with Crippen LogP contribution >= 0.6 is 11.3 Å². The summed E-state index contributed by atoms with van der Waals surface area (Å²) in [6.45, 7) is 7.63. The SMILES string of the molecule is Cc1nc(CNC2CCC(C)(C)c3ccccc32)cs1. The van der Waals surface area contributed by atoms with Crippen molar-refractivity contribution in [2.75, 3.05) is 0 Å². The number of nitrogens with zero attached hydrogens (tertiary/aromatic N) is 1. The number of thiazole rings is 1. The van der Waals surface area contributed by atoms with E-state index >= 15 is 0 Å². The summed E-state index contributed by atoms with van der Waals surface area (Å²) in [6, 6.07) is 9.34. The van der Waals surface area contributed by atoms with Crippen LogP contribution in [0.2, 0.25) is 0 Å². The zero-order chi connectivity index (χ0) is 14.2. The van der Waals surface area contributed by atoms with Crippen molar-refractivity contribution in [1.29, 1.82) is 0 Å². The normalized spacial score (nSPS) is 20.6. The van der Waals surface area contributed by atoms with Gasteiger partial charge in [0.05, 0.1) is 10.7 Å². The molecule has 0 fully saturated rings. The van der Waals surface area contributed by atoms with Crippen LogP contribution < -0.4 is 5.32 Å². The third-order valence-corrected chi connectivity index (χ3v) is 5.14. The molecule has 0 saturated heterocycles. The molecule has 0 aliphatic heterocycles. The van der Waals surface area contributed by atoms with Crippen molar-refractivity contribution in [2.24, 2.45) is 0 Å². The standard InChI is InChI=1S/C17H22N2S/c1-12-19-13(11-20-12)10-18-16-8-9-17(2,3)15-7-5-4-6-14(15)16/h4-7,11,16,18H,8-10H2,1-3H3. The van der Waals surface area contributed by atoms with Gasteiger partial charge in [0.15, 0.2) is 0 Å². The fourth-order valence-electron chi connectivity index (χ4n) is 3.14. The Bertz CT molecular complexity index is 601. The molecular weight excluding hydrogens is 264 g/mol. The second-order valence-electron chi connectivity index (χ2n) is 6.30. The summed E-state index contributed by atoms with van der Waals surface area (Å²) < 4.78 is 0. The fraction of sp³-hybridized carbons (Fsp3) is 0.471. The maximum absolute atomic E-state index is 4.54. The summed E-state index contributed by atoms with van der Waals surface area (Å²) in [4.78, 5) is 4.54. The minimum Gasteiger partial charge on any atom is -0.304 e. The number of rotatable bonds is 3. The van der Waals surface area contributed by atoms with Crippen molar-refractivity contribution in [1.82, 2.24) is 10.3 Å². The Morgan fingerprint density at radius 1 is 1.35 bits per heavy atom. The third-order valence-electron chi connectivity index (χ3n) is 4.32. The average molecular weight is 286 g/mol. The second kappa shape index (κ2) is 5.30. The van der Waals surface area contributed by atoms with Crippen LogP contribution in [0.25, 0.3) is 0 Å². The van der Waals surface area contributed by atoms with Crippen LogP contribution in [0.3, 0.4) is 0 Å². The molecule has 1 heterocycles. The number of aryl methyl sites for hydroxylation is 1. The molecule has 0 saturated carbocycles. The Balaban J connectivity index is 1.78. The van der Waals surface area contributed by atoms with Gasteiger partial charge in [-0.3, -0.25) is 0 Å². The first-order valence-electron chi connectivity index (χ1n) is 7.30. The summed E-state index contributed by atoms with van der Waals surface area (Å²) in [5.74, 6) is 0. The second-order valence-corrected chi connectivity index (χ2v) is 7.36. The van der Waals surface area contributed by atoms with Gasteiger partial charge in [-0.25, -0.2) is 4.98 Å². The van der Waals surface area contributed by atoms with Crippen LogP contribution in [-0.4, -0.2) is 4.98 Å². The minimum absolute atomic E-state index is 0.298. The maximum atomic E-state index is 4.54. The van der Waals surface area contributed by atoms with Crippen molar-refractivity contribution < 1.29 is 0 Å². The molecule has 106 valence electrons. The molecule has 0 bridgehead atoms. The largest absolute Gasteiger partial charge is 0.304 e.